The molecule has 60 valence electrons. The summed E-state index contributed by atoms with van der Waals surface area (Å²) in [6, 6.07) is 0. The Morgan fingerprint density at radius 3 is 2.60 bits per heavy atom. The Morgan fingerprint density at radius 2 is 2.20 bits per heavy atom. The molecule has 0 spiro atoms. The average molecular weight is 160 g/mol. The molecule has 0 rings (SSSR count). The van der Waals surface area contributed by atoms with E-state index in [-0.39, 0.29) is 0 Å². The Bertz CT molecular complexity index is 101. The minimum Gasteiger partial charge on any atom is -0.485 e. The Hall–Kier alpha value is -0.110. The monoisotopic (exact) mass is 160 g/mol. The molecule has 1 nitrogen and oxygen atoms in total. The Morgan fingerprint density at radius 1 is 1.60 bits per heavy atom. The summed E-state index contributed by atoms with van der Waals surface area (Å²) in [5.41, 5.74) is 0. The van der Waals surface area contributed by atoms with Gasteiger partial charge in [-0.25, -0.2) is 0 Å². The van der Waals surface area contributed by atoms with Crippen LogP contribution in [0.2, 0.25) is 0 Å². The zero-order valence-electron chi connectivity index (χ0n) is 7.02. The van der Waals surface area contributed by atoms with Gasteiger partial charge in [-0.15, -0.1) is 0 Å². The maximum absolute atomic E-state index is 5.28. The van der Waals surface area contributed by atoms with Gasteiger partial charge in [-0.3, -0.25) is 0 Å². The highest BCUT2D eigenvalue weighted by Gasteiger charge is 2.00. The first kappa shape index (κ1) is 9.89. The second-order valence-corrected chi connectivity index (χ2v) is 3.14. The molecule has 0 bridgehead atoms. The van der Waals surface area contributed by atoms with Gasteiger partial charge in [0, 0.05) is 6.92 Å². The summed E-state index contributed by atoms with van der Waals surface area (Å²) in [6.07, 6.45) is 3.87. The van der Waals surface area contributed by atoms with Gasteiger partial charge in [0.1, 0.15) is 0 Å². The van der Waals surface area contributed by atoms with E-state index < -0.39 is 0 Å². The van der Waals surface area contributed by atoms with Crippen molar-refractivity contribution in [1.82, 2.24) is 0 Å². The lowest BCUT2D eigenvalue weighted by Crippen LogP contribution is -2.10. The van der Waals surface area contributed by atoms with Crippen molar-refractivity contribution in [1.29, 1.82) is 0 Å². The number of hydrogen-bond acceptors (Lipinski definition) is 2. The molecule has 1 unspecified atom stereocenters. The zero-order chi connectivity index (χ0) is 7.98. The molecule has 0 fully saturated rings. The van der Waals surface area contributed by atoms with Gasteiger partial charge < -0.3 is 4.74 Å². The van der Waals surface area contributed by atoms with Crippen molar-refractivity contribution in [3.63, 3.8) is 0 Å². The number of unbranched alkanes of at least 4 members (excludes halogenated alkanes) is 1. The highest BCUT2D eigenvalue weighted by molar-refractivity contribution is 7.80. The van der Waals surface area contributed by atoms with Crippen LogP contribution in [0.3, 0.4) is 0 Å². The SMILES string of the molecule is CCCCC(C)OC(C)=S. The molecule has 0 aliphatic rings. The first-order valence-electron chi connectivity index (χ1n) is 3.84. The lowest BCUT2D eigenvalue weighted by atomic mass is 10.2. The van der Waals surface area contributed by atoms with Crippen molar-refractivity contribution in [3.05, 3.63) is 0 Å². The molecule has 0 radical (unpaired) electrons. The van der Waals surface area contributed by atoms with Crippen LogP contribution < -0.4 is 0 Å². The van der Waals surface area contributed by atoms with Crippen LogP contribution in [0.5, 0.6) is 0 Å². The first-order valence-corrected chi connectivity index (χ1v) is 4.24. The molecule has 1 atom stereocenters. The van der Waals surface area contributed by atoms with E-state index in [0.717, 1.165) is 6.42 Å². The molecule has 0 saturated heterocycles. The summed E-state index contributed by atoms with van der Waals surface area (Å²) in [6.45, 7) is 6.06. The first-order chi connectivity index (χ1) is 4.66. The van der Waals surface area contributed by atoms with E-state index in [1.807, 2.05) is 6.92 Å². The molecule has 0 N–H and O–H groups in total. The molecule has 0 heterocycles. The van der Waals surface area contributed by atoms with Crippen molar-refractivity contribution in [2.45, 2.75) is 46.1 Å². The predicted octanol–water partition coefficient (Wildman–Crippen LogP) is 2.93. The van der Waals surface area contributed by atoms with Crippen LogP contribution in [0, 0.1) is 0 Å². The third-order valence-corrected chi connectivity index (χ3v) is 1.43. The average Bonchev–Trinajstić information content (AvgIpc) is 1.82. The number of thiocarbonyl (C=S) groups is 1. The van der Waals surface area contributed by atoms with E-state index in [9.17, 15) is 0 Å². The third-order valence-electron chi connectivity index (χ3n) is 1.33. The molecular formula is C8H16OS. The van der Waals surface area contributed by atoms with Gasteiger partial charge in [-0.05, 0) is 25.6 Å². The van der Waals surface area contributed by atoms with E-state index in [0.29, 0.717) is 11.2 Å². The highest BCUT2D eigenvalue weighted by Crippen LogP contribution is 2.04. The van der Waals surface area contributed by atoms with Crippen LogP contribution in [0.25, 0.3) is 0 Å². The van der Waals surface area contributed by atoms with Crippen molar-refractivity contribution in [2.24, 2.45) is 0 Å². The third kappa shape index (κ3) is 6.02. The van der Waals surface area contributed by atoms with Gasteiger partial charge in [0.05, 0.1) is 6.10 Å². The molecular weight excluding hydrogens is 144 g/mol. The van der Waals surface area contributed by atoms with Gasteiger partial charge in [-0.1, -0.05) is 19.8 Å². The maximum atomic E-state index is 5.28. The highest BCUT2D eigenvalue weighted by atomic mass is 32.1. The lowest BCUT2D eigenvalue weighted by molar-refractivity contribution is 0.198. The molecule has 10 heavy (non-hydrogen) atoms. The van der Waals surface area contributed by atoms with Crippen LogP contribution in [0.15, 0.2) is 0 Å². The smallest absolute Gasteiger partial charge is 0.156 e. The molecule has 0 aromatic rings. The lowest BCUT2D eigenvalue weighted by Gasteiger charge is -2.11. The standard InChI is InChI=1S/C8H16OS/c1-4-5-6-7(2)9-8(3)10/h7H,4-6H2,1-3H3. The van der Waals surface area contributed by atoms with Gasteiger partial charge in [0.15, 0.2) is 5.05 Å². The van der Waals surface area contributed by atoms with Gasteiger partial charge in [0.2, 0.25) is 0 Å². The Labute approximate surface area is 68.8 Å². The molecule has 2 heteroatoms. The molecule has 0 aromatic heterocycles. The summed E-state index contributed by atoms with van der Waals surface area (Å²) in [5.74, 6) is 0. The largest absolute Gasteiger partial charge is 0.485 e. The van der Waals surface area contributed by atoms with E-state index in [1.54, 1.807) is 0 Å². The van der Waals surface area contributed by atoms with Gasteiger partial charge in [0.25, 0.3) is 0 Å². The van der Waals surface area contributed by atoms with E-state index >= 15 is 0 Å². The summed E-state index contributed by atoms with van der Waals surface area (Å²) >= 11 is 4.80. The van der Waals surface area contributed by atoms with Crippen molar-refractivity contribution in [2.75, 3.05) is 0 Å². The fourth-order valence-electron chi connectivity index (χ4n) is 0.834. The summed E-state index contributed by atoms with van der Waals surface area (Å²) in [7, 11) is 0. The minimum atomic E-state index is 0.303. The Kier molecular flexibility index (Phi) is 5.60. The van der Waals surface area contributed by atoms with Crippen LogP contribution >= 0.6 is 12.2 Å². The van der Waals surface area contributed by atoms with Gasteiger partial charge >= 0.3 is 0 Å². The maximum Gasteiger partial charge on any atom is 0.156 e. The number of hydrogen-bond donors (Lipinski definition) is 0. The summed E-state index contributed by atoms with van der Waals surface area (Å²) in [4.78, 5) is 0. The quantitative estimate of drug-likeness (QED) is 0.585. The number of ether oxygens (including phenoxy) is 1. The van der Waals surface area contributed by atoms with E-state index in [4.69, 9.17) is 17.0 Å². The fraction of sp³-hybridized carbons (Fsp3) is 0.875. The predicted molar refractivity (Wildman–Crippen MR) is 48.3 cm³/mol. The van der Waals surface area contributed by atoms with Crippen molar-refractivity contribution >= 4 is 17.3 Å². The van der Waals surface area contributed by atoms with E-state index in [2.05, 4.69) is 13.8 Å². The topological polar surface area (TPSA) is 9.23 Å². The van der Waals surface area contributed by atoms with Crippen LogP contribution in [0.4, 0.5) is 0 Å². The number of rotatable bonds is 4. The van der Waals surface area contributed by atoms with Crippen molar-refractivity contribution < 1.29 is 4.74 Å². The molecule has 0 aliphatic carbocycles. The van der Waals surface area contributed by atoms with Crippen LogP contribution in [-0.2, 0) is 4.74 Å². The molecule has 0 amide bonds. The Balaban J connectivity index is 3.25. The minimum absolute atomic E-state index is 0.303. The van der Waals surface area contributed by atoms with E-state index in [1.165, 1.54) is 12.8 Å². The van der Waals surface area contributed by atoms with Gasteiger partial charge in [-0.2, -0.15) is 0 Å². The normalized spacial score (nSPS) is 12.7. The molecule has 0 aliphatic heterocycles. The van der Waals surface area contributed by atoms with Crippen LogP contribution in [-0.4, -0.2) is 11.2 Å². The second kappa shape index (κ2) is 5.66. The summed E-state index contributed by atoms with van der Waals surface area (Å²) in [5, 5.41) is 0.656. The van der Waals surface area contributed by atoms with Crippen LogP contribution in [0.1, 0.15) is 40.0 Å². The summed E-state index contributed by atoms with van der Waals surface area (Å²) < 4.78 is 5.28. The fourth-order valence-corrected chi connectivity index (χ4v) is 0.998. The van der Waals surface area contributed by atoms with Crippen molar-refractivity contribution in [3.8, 4) is 0 Å². The second-order valence-electron chi connectivity index (χ2n) is 2.56. The molecule has 0 aromatic carbocycles. The zero-order valence-corrected chi connectivity index (χ0v) is 7.83. The molecule has 0 saturated carbocycles.